The molecule has 118 valence electrons. The van der Waals surface area contributed by atoms with Gasteiger partial charge in [-0.15, -0.1) is 11.3 Å². The molecular formula is C13H20N2O4S2. The summed E-state index contributed by atoms with van der Waals surface area (Å²) in [6, 6.07) is 1.40. The van der Waals surface area contributed by atoms with E-state index in [9.17, 15) is 13.2 Å². The van der Waals surface area contributed by atoms with Crippen LogP contribution in [-0.4, -0.2) is 49.0 Å². The van der Waals surface area contributed by atoms with Crippen LogP contribution in [0.1, 0.15) is 36.4 Å². The van der Waals surface area contributed by atoms with Crippen molar-refractivity contribution in [1.82, 2.24) is 9.62 Å². The van der Waals surface area contributed by atoms with E-state index in [2.05, 4.69) is 5.32 Å². The zero-order chi connectivity index (χ0) is 15.7. The zero-order valence-corrected chi connectivity index (χ0v) is 13.8. The quantitative estimate of drug-likeness (QED) is 0.843. The van der Waals surface area contributed by atoms with E-state index in [0.717, 1.165) is 24.2 Å². The summed E-state index contributed by atoms with van der Waals surface area (Å²) in [6.45, 7) is 4.28. The second-order valence-corrected chi connectivity index (χ2v) is 8.60. The Morgan fingerprint density at radius 1 is 1.43 bits per heavy atom. The van der Waals surface area contributed by atoms with Gasteiger partial charge in [-0.1, -0.05) is 0 Å². The number of carbonyl (C=O) groups is 1. The predicted octanol–water partition coefficient (Wildman–Crippen LogP) is 1.03. The summed E-state index contributed by atoms with van der Waals surface area (Å²) in [4.78, 5) is 12.6. The molecule has 21 heavy (non-hydrogen) atoms. The normalized spacial score (nSPS) is 17.1. The van der Waals surface area contributed by atoms with Gasteiger partial charge in [0, 0.05) is 18.5 Å². The minimum atomic E-state index is -3.49. The first kappa shape index (κ1) is 16.4. The number of nitrogens with zero attached hydrogens (tertiary/aromatic N) is 1. The molecule has 0 unspecified atom stereocenters. The maximum atomic E-state index is 12.4. The van der Waals surface area contributed by atoms with Crippen LogP contribution in [0.4, 0.5) is 0 Å². The molecule has 0 bridgehead atoms. The van der Waals surface area contributed by atoms with Gasteiger partial charge in [0.15, 0.2) is 0 Å². The lowest BCUT2D eigenvalue weighted by atomic mass is 10.1. The van der Waals surface area contributed by atoms with Crippen molar-refractivity contribution in [1.29, 1.82) is 0 Å². The molecular weight excluding hydrogens is 312 g/mol. The molecule has 1 aromatic heterocycles. The number of nitrogens with one attached hydrogen (secondary N) is 1. The molecule has 0 radical (unpaired) electrons. The molecule has 0 aromatic carbocycles. The fraction of sp³-hybridized carbons (Fsp3) is 0.615. The van der Waals surface area contributed by atoms with Crippen LogP contribution in [0.15, 0.2) is 16.3 Å². The number of thiophene rings is 1. The molecule has 1 saturated heterocycles. The smallest absolute Gasteiger partial charge is 0.261 e. The highest BCUT2D eigenvalue weighted by Crippen LogP contribution is 2.25. The fourth-order valence-electron chi connectivity index (χ4n) is 2.06. The summed E-state index contributed by atoms with van der Waals surface area (Å²) in [6.07, 6.45) is 1.75. The summed E-state index contributed by atoms with van der Waals surface area (Å²) in [5, 5.41) is 13.3. The van der Waals surface area contributed by atoms with E-state index in [1.165, 1.54) is 15.8 Å². The third kappa shape index (κ3) is 3.63. The second kappa shape index (κ2) is 6.04. The van der Waals surface area contributed by atoms with Crippen molar-refractivity contribution in [2.75, 3.05) is 19.7 Å². The van der Waals surface area contributed by atoms with Gasteiger partial charge in [-0.25, -0.2) is 8.42 Å². The summed E-state index contributed by atoms with van der Waals surface area (Å²) in [7, 11) is -3.49. The van der Waals surface area contributed by atoms with E-state index >= 15 is 0 Å². The lowest BCUT2D eigenvalue weighted by molar-refractivity contribution is 0.0873. The topological polar surface area (TPSA) is 86.7 Å². The van der Waals surface area contributed by atoms with Gasteiger partial charge in [0.25, 0.3) is 5.91 Å². The van der Waals surface area contributed by atoms with Crippen LogP contribution in [-0.2, 0) is 10.0 Å². The lowest BCUT2D eigenvalue weighted by Crippen LogP contribution is -2.46. The molecule has 1 aromatic rings. The molecule has 1 amide bonds. The van der Waals surface area contributed by atoms with Crippen molar-refractivity contribution < 1.29 is 18.3 Å². The van der Waals surface area contributed by atoms with Crippen LogP contribution in [0.3, 0.4) is 0 Å². The molecule has 0 spiro atoms. The van der Waals surface area contributed by atoms with Gasteiger partial charge in [-0.2, -0.15) is 4.31 Å². The summed E-state index contributed by atoms with van der Waals surface area (Å²) < 4.78 is 26.2. The zero-order valence-electron chi connectivity index (χ0n) is 12.1. The molecule has 2 heterocycles. The molecule has 2 N–H and O–H groups in total. The Balaban J connectivity index is 2.16. The van der Waals surface area contributed by atoms with Gasteiger partial charge < -0.3 is 10.4 Å². The van der Waals surface area contributed by atoms with Crippen molar-refractivity contribution >= 4 is 27.3 Å². The maximum Gasteiger partial charge on any atom is 0.261 e. The third-order valence-corrected chi connectivity index (χ3v) is 6.30. The summed E-state index contributed by atoms with van der Waals surface area (Å²) in [5.74, 6) is -0.373. The van der Waals surface area contributed by atoms with Crippen LogP contribution in [0.25, 0.3) is 0 Å². The van der Waals surface area contributed by atoms with Gasteiger partial charge >= 0.3 is 0 Å². The van der Waals surface area contributed by atoms with Crippen LogP contribution in [0, 0.1) is 0 Å². The van der Waals surface area contributed by atoms with Gasteiger partial charge in [-0.05, 0) is 32.8 Å². The summed E-state index contributed by atoms with van der Waals surface area (Å²) in [5.41, 5.74) is -0.741. The lowest BCUT2D eigenvalue weighted by Gasteiger charge is -2.22. The van der Waals surface area contributed by atoms with E-state index < -0.39 is 15.6 Å². The Morgan fingerprint density at radius 3 is 2.62 bits per heavy atom. The van der Waals surface area contributed by atoms with Crippen LogP contribution < -0.4 is 5.32 Å². The number of amides is 1. The van der Waals surface area contributed by atoms with E-state index in [4.69, 9.17) is 5.11 Å². The van der Waals surface area contributed by atoms with E-state index in [1.54, 1.807) is 13.8 Å². The summed E-state index contributed by atoms with van der Waals surface area (Å²) >= 11 is 1.09. The SMILES string of the molecule is CC(C)(CO)NC(=O)c1cc(S(=O)(=O)N2CCCC2)cs1. The molecule has 0 aliphatic carbocycles. The molecule has 0 saturated carbocycles. The first-order valence-corrected chi connectivity index (χ1v) is 9.10. The number of rotatable bonds is 5. The average Bonchev–Trinajstić information content (AvgIpc) is 3.10. The van der Waals surface area contributed by atoms with Crippen molar-refractivity contribution in [3.8, 4) is 0 Å². The minimum Gasteiger partial charge on any atom is -0.394 e. The third-order valence-electron chi connectivity index (χ3n) is 3.35. The molecule has 2 rings (SSSR count). The van der Waals surface area contributed by atoms with Gasteiger partial charge in [0.1, 0.15) is 0 Å². The minimum absolute atomic E-state index is 0.168. The number of aliphatic hydroxyl groups excluding tert-OH is 1. The second-order valence-electron chi connectivity index (χ2n) is 5.75. The van der Waals surface area contributed by atoms with Crippen LogP contribution in [0.2, 0.25) is 0 Å². The molecule has 6 nitrogen and oxygen atoms in total. The highest BCUT2D eigenvalue weighted by Gasteiger charge is 2.29. The first-order valence-electron chi connectivity index (χ1n) is 6.78. The number of hydrogen-bond donors (Lipinski definition) is 2. The Kier molecular flexibility index (Phi) is 4.72. The van der Waals surface area contributed by atoms with E-state index in [1.807, 2.05) is 0 Å². The number of hydrogen-bond acceptors (Lipinski definition) is 5. The highest BCUT2D eigenvalue weighted by atomic mass is 32.2. The van der Waals surface area contributed by atoms with E-state index in [0.29, 0.717) is 18.0 Å². The number of sulfonamides is 1. The van der Waals surface area contributed by atoms with Crippen molar-refractivity contribution in [3.63, 3.8) is 0 Å². The Morgan fingerprint density at radius 2 is 2.05 bits per heavy atom. The van der Waals surface area contributed by atoms with Gasteiger partial charge in [0.05, 0.1) is 21.9 Å². The monoisotopic (exact) mass is 332 g/mol. The standard InChI is InChI=1S/C13H20N2O4S2/c1-13(2,9-16)14-12(17)11-7-10(8-20-11)21(18,19)15-5-3-4-6-15/h7-8,16H,3-6,9H2,1-2H3,(H,14,17). The molecule has 1 aliphatic rings. The molecule has 1 aliphatic heterocycles. The van der Waals surface area contributed by atoms with Gasteiger partial charge in [0.2, 0.25) is 10.0 Å². The first-order chi connectivity index (χ1) is 9.76. The van der Waals surface area contributed by atoms with Crippen molar-refractivity contribution in [2.45, 2.75) is 37.1 Å². The molecule has 1 fully saturated rings. The number of aliphatic hydroxyl groups is 1. The van der Waals surface area contributed by atoms with Crippen LogP contribution >= 0.6 is 11.3 Å². The molecule has 8 heteroatoms. The maximum absolute atomic E-state index is 12.4. The molecule has 0 atom stereocenters. The Labute approximate surface area is 128 Å². The largest absolute Gasteiger partial charge is 0.394 e. The van der Waals surface area contributed by atoms with Gasteiger partial charge in [-0.3, -0.25) is 4.79 Å². The Bertz CT molecular complexity index is 616. The van der Waals surface area contributed by atoms with E-state index in [-0.39, 0.29) is 17.4 Å². The van der Waals surface area contributed by atoms with Crippen molar-refractivity contribution in [3.05, 3.63) is 16.3 Å². The van der Waals surface area contributed by atoms with Crippen LogP contribution in [0.5, 0.6) is 0 Å². The predicted molar refractivity (Wildman–Crippen MR) is 80.9 cm³/mol. The fourth-order valence-corrected chi connectivity index (χ4v) is 4.73. The average molecular weight is 332 g/mol. The highest BCUT2D eigenvalue weighted by molar-refractivity contribution is 7.89. The number of carbonyl (C=O) groups excluding carboxylic acids is 1. The van der Waals surface area contributed by atoms with Crippen molar-refractivity contribution in [2.24, 2.45) is 0 Å². The Hall–Kier alpha value is -0.960.